The topological polar surface area (TPSA) is 66.4 Å². The number of rotatable bonds is 5. The van der Waals surface area contributed by atoms with E-state index in [0.717, 1.165) is 11.3 Å². The number of anilines is 1. The Morgan fingerprint density at radius 1 is 1.19 bits per heavy atom. The number of pyridine rings is 1. The van der Waals surface area contributed by atoms with Gasteiger partial charge in [-0.05, 0) is 43.7 Å². The van der Waals surface area contributed by atoms with Crippen molar-refractivity contribution in [3.8, 4) is 0 Å². The molecule has 2 rings (SSSR count). The van der Waals surface area contributed by atoms with Crippen LogP contribution in [0.3, 0.4) is 0 Å². The van der Waals surface area contributed by atoms with Gasteiger partial charge in [0, 0.05) is 18.1 Å². The summed E-state index contributed by atoms with van der Waals surface area (Å²) in [6, 6.07) is 11.1. The van der Waals surface area contributed by atoms with Crippen molar-refractivity contribution in [2.45, 2.75) is 19.9 Å². The van der Waals surface area contributed by atoms with Crippen molar-refractivity contribution in [1.29, 1.82) is 0 Å². The van der Waals surface area contributed by atoms with Crippen LogP contribution in [0.25, 0.3) is 0 Å². The van der Waals surface area contributed by atoms with Gasteiger partial charge in [0.2, 0.25) is 0 Å². The van der Waals surface area contributed by atoms with Gasteiger partial charge in [-0.25, -0.2) is 5.43 Å². The largest absolute Gasteiger partial charge is 0.374 e. The lowest BCUT2D eigenvalue weighted by Gasteiger charge is -2.13. The summed E-state index contributed by atoms with van der Waals surface area (Å²) in [7, 11) is 0. The lowest BCUT2D eigenvalue weighted by atomic mass is 10.2. The average molecular weight is 282 g/mol. The van der Waals surface area contributed by atoms with Crippen molar-refractivity contribution in [1.82, 2.24) is 10.4 Å². The van der Waals surface area contributed by atoms with Gasteiger partial charge in [-0.15, -0.1) is 0 Å². The van der Waals surface area contributed by atoms with Crippen molar-refractivity contribution < 1.29 is 4.79 Å². The normalized spacial score (nSPS) is 12.1. The van der Waals surface area contributed by atoms with Crippen LogP contribution in [0.4, 0.5) is 5.69 Å². The van der Waals surface area contributed by atoms with Crippen molar-refractivity contribution >= 4 is 17.8 Å². The van der Waals surface area contributed by atoms with E-state index in [2.05, 4.69) is 20.8 Å². The van der Waals surface area contributed by atoms with Crippen LogP contribution < -0.4 is 10.7 Å². The molecule has 1 aromatic carbocycles. The quantitative estimate of drug-likeness (QED) is 0.653. The van der Waals surface area contributed by atoms with E-state index in [-0.39, 0.29) is 11.9 Å². The number of aromatic nitrogens is 1. The zero-order valence-corrected chi connectivity index (χ0v) is 12.1. The fourth-order valence-electron chi connectivity index (χ4n) is 1.68. The Balaban J connectivity index is 1.85. The van der Waals surface area contributed by atoms with Crippen LogP contribution in [-0.4, -0.2) is 23.1 Å². The summed E-state index contributed by atoms with van der Waals surface area (Å²) in [5.41, 5.74) is 5.47. The first-order valence-corrected chi connectivity index (χ1v) is 6.71. The third kappa shape index (κ3) is 4.72. The molecule has 2 aromatic rings. The van der Waals surface area contributed by atoms with E-state index in [0.29, 0.717) is 0 Å². The summed E-state index contributed by atoms with van der Waals surface area (Å²) in [6.45, 7) is 3.81. The summed E-state index contributed by atoms with van der Waals surface area (Å²) in [6.07, 6.45) is 4.92. The predicted octanol–water partition coefficient (Wildman–Crippen LogP) is 2.34. The molecule has 0 bridgehead atoms. The number of nitrogens with zero attached hydrogens (tertiary/aromatic N) is 2. The molecule has 5 heteroatoms. The molecule has 0 aliphatic carbocycles. The third-order valence-corrected chi connectivity index (χ3v) is 2.92. The van der Waals surface area contributed by atoms with Gasteiger partial charge >= 0.3 is 0 Å². The molecule has 1 atom stereocenters. The van der Waals surface area contributed by atoms with Gasteiger partial charge in [0.1, 0.15) is 6.04 Å². The van der Waals surface area contributed by atoms with Gasteiger partial charge < -0.3 is 5.32 Å². The minimum absolute atomic E-state index is 0.194. The number of carbonyl (C=O) groups excluding carboxylic acids is 1. The molecular formula is C16H18N4O. The van der Waals surface area contributed by atoms with E-state index in [4.69, 9.17) is 0 Å². The molecule has 0 aliphatic heterocycles. The SMILES string of the molecule is Cc1ccc(N[C@@H](C)C(=O)NN=Cc2ccncc2)cc1. The van der Waals surface area contributed by atoms with E-state index in [1.165, 1.54) is 5.56 Å². The smallest absolute Gasteiger partial charge is 0.262 e. The van der Waals surface area contributed by atoms with Crippen molar-refractivity contribution in [3.63, 3.8) is 0 Å². The zero-order valence-electron chi connectivity index (χ0n) is 12.1. The first-order chi connectivity index (χ1) is 10.1. The van der Waals surface area contributed by atoms with Crippen LogP contribution in [0.2, 0.25) is 0 Å². The summed E-state index contributed by atoms with van der Waals surface area (Å²) < 4.78 is 0. The molecule has 5 nitrogen and oxygen atoms in total. The van der Waals surface area contributed by atoms with Crippen LogP contribution in [0.15, 0.2) is 53.9 Å². The molecular weight excluding hydrogens is 264 g/mol. The summed E-state index contributed by atoms with van der Waals surface area (Å²) in [5.74, 6) is -0.194. The van der Waals surface area contributed by atoms with Crippen LogP contribution >= 0.6 is 0 Å². The third-order valence-electron chi connectivity index (χ3n) is 2.92. The maximum absolute atomic E-state index is 11.9. The molecule has 1 heterocycles. The second kappa shape index (κ2) is 7.19. The average Bonchev–Trinajstić information content (AvgIpc) is 2.50. The Morgan fingerprint density at radius 3 is 2.52 bits per heavy atom. The molecule has 2 N–H and O–H groups in total. The highest BCUT2D eigenvalue weighted by molar-refractivity contribution is 5.86. The molecule has 0 radical (unpaired) electrons. The van der Waals surface area contributed by atoms with Gasteiger partial charge in [0.05, 0.1) is 6.21 Å². The number of benzene rings is 1. The maximum atomic E-state index is 11.9. The van der Waals surface area contributed by atoms with Crippen LogP contribution in [0.1, 0.15) is 18.1 Å². The highest BCUT2D eigenvalue weighted by Gasteiger charge is 2.11. The number of carbonyl (C=O) groups is 1. The molecule has 1 amide bonds. The number of hydrazone groups is 1. The van der Waals surface area contributed by atoms with Crippen LogP contribution in [0.5, 0.6) is 0 Å². The van der Waals surface area contributed by atoms with Gasteiger partial charge in [-0.2, -0.15) is 5.10 Å². The Bertz CT molecular complexity index is 608. The molecule has 108 valence electrons. The molecule has 0 fully saturated rings. The Kier molecular flexibility index (Phi) is 5.04. The van der Waals surface area contributed by atoms with E-state index in [9.17, 15) is 4.79 Å². The fraction of sp³-hybridized carbons (Fsp3) is 0.188. The summed E-state index contributed by atoms with van der Waals surface area (Å²) in [5, 5.41) is 7.05. The lowest BCUT2D eigenvalue weighted by Crippen LogP contribution is -2.34. The lowest BCUT2D eigenvalue weighted by molar-refractivity contribution is -0.121. The standard InChI is InChI=1S/C16H18N4O/c1-12-3-5-15(6-4-12)19-13(2)16(21)20-18-11-14-7-9-17-10-8-14/h3-11,13,19H,1-2H3,(H,20,21)/t13-/m0/s1. The molecule has 0 spiro atoms. The highest BCUT2D eigenvalue weighted by Crippen LogP contribution is 2.09. The number of nitrogens with one attached hydrogen (secondary N) is 2. The summed E-state index contributed by atoms with van der Waals surface area (Å²) in [4.78, 5) is 15.8. The Morgan fingerprint density at radius 2 is 1.86 bits per heavy atom. The number of aryl methyl sites for hydroxylation is 1. The van der Waals surface area contributed by atoms with Gasteiger partial charge in [0.15, 0.2) is 0 Å². The molecule has 1 aromatic heterocycles. The monoisotopic (exact) mass is 282 g/mol. The molecule has 0 aliphatic rings. The second-order valence-electron chi connectivity index (χ2n) is 4.75. The number of hydrogen-bond acceptors (Lipinski definition) is 4. The van der Waals surface area contributed by atoms with Crippen LogP contribution in [0, 0.1) is 6.92 Å². The van der Waals surface area contributed by atoms with E-state index >= 15 is 0 Å². The van der Waals surface area contributed by atoms with Crippen molar-refractivity contribution in [3.05, 3.63) is 59.9 Å². The first kappa shape index (κ1) is 14.7. The molecule has 0 saturated heterocycles. The van der Waals surface area contributed by atoms with Crippen molar-refractivity contribution in [2.75, 3.05) is 5.32 Å². The molecule has 21 heavy (non-hydrogen) atoms. The zero-order chi connectivity index (χ0) is 15.1. The van der Waals surface area contributed by atoms with E-state index in [1.54, 1.807) is 25.5 Å². The number of hydrogen-bond donors (Lipinski definition) is 2. The van der Waals surface area contributed by atoms with Crippen LogP contribution in [-0.2, 0) is 4.79 Å². The fourth-order valence-corrected chi connectivity index (χ4v) is 1.68. The highest BCUT2D eigenvalue weighted by atomic mass is 16.2. The maximum Gasteiger partial charge on any atom is 0.262 e. The number of amides is 1. The second-order valence-corrected chi connectivity index (χ2v) is 4.75. The minimum Gasteiger partial charge on any atom is -0.374 e. The molecule has 0 unspecified atom stereocenters. The van der Waals surface area contributed by atoms with Crippen molar-refractivity contribution in [2.24, 2.45) is 5.10 Å². The summed E-state index contributed by atoms with van der Waals surface area (Å²) >= 11 is 0. The Hall–Kier alpha value is -2.69. The van der Waals surface area contributed by atoms with Gasteiger partial charge in [-0.1, -0.05) is 17.7 Å². The van der Waals surface area contributed by atoms with E-state index in [1.807, 2.05) is 43.3 Å². The minimum atomic E-state index is -0.373. The predicted molar refractivity (Wildman–Crippen MR) is 84.2 cm³/mol. The van der Waals surface area contributed by atoms with Gasteiger partial charge in [-0.3, -0.25) is 9.78 Å². The van der Waals surface area contributed by atoms with Gasteiger partial charge in [0.25, 0.3) is 5.91 Å². The first-order valence-electron chi connectivity index (χ1n) is 6.71. The molecule has 0 saturated carbocycles. The van der Waals surface area contributed by atoms with E-state index < -0.39 is 0 Å². The Labute approximate surface area is 124 Å².